The summed E-state index contributed by atoms with van der Waals surface area (Å²) in [5, 5.41) is 3.00. The van der Waals surface area contributed by atoms with Gasteiger partial charge in [-0.1, -0.05) is 6.07 Å². The first-order valence-corrected chi connectivity index (χ1v) is 7.69. The summed E-state index contributed by atoms with van der Waals surface area (Å²) in [7, 11) is 0. The van der Waals surface area contributed by atoms with E-state index in [2.05, 4.69) is 20.2 Å². The lowest BCUT2D eigenvalue weighted by molar-refractivity contribution is -0.122. The molecule has 0 aromatic carbocycles. The Morgan fingerprint density at radius 1 is 1.26 bits per heavy atom. The van der Waals surface area contributed by atoms with Crippen molar-refractivity contribution in [1.29, 1.82) is 0 Å². The van der Waals surface area contributed by atoms with E-state index in [1.54, 1.807) is 18.5 Å². The molecule has 1 amide bonds. The molecule has 1 fully saturated rings. The summed E-state index contributed by atoms with van der Waals surface area (Å²) in [6.45, 7) is 1.66. The number of hydrogen-bond acceptors (Lipinski definition) is 5. The second-order valence-electron chi connectivity index (χ2n) is 5.57. The van der Waals surface area contributed by atoms with Crippen LogP contribution in [0.1, 0.15) is 12.8 Å². The third-order valence-corrected chi connectivity index (χ3v) is 3.86. The SMILES string of the molecule is O=C(Cn1cccnc1=O)N[C@@H]1CCCN(c2ccccn2)C1. The van der Waals surface area contributed by atoms with Gasteiger partial charge in [-0.15, -0.1) is 0 Å². The van der Waals surface area contributed by atoms with E-state index >= 15 is 0 Å². The van der Waals surface area contributed by atoms with Gasteiger partial charge in [-0.05, 0) is 31.0 Å². The zero-order valence-electron chi connectivity index (χ0n) is 12.8. The number of anilines is 1. The summed E-state index contributed by atoms with van der Waals surface area (Å²) in [5.41, 5.74) is -0.415. The van der Waals surface area contributed by atoms with Gasteiger partial charge >= 0.3 is 5.69 Å². The number of pyridine rings is 1. The zero-order chi connectivity index (χ0) is 16.1. The molecule has 7 heteroatoms. The van der Waals surface area contributed by atoms with Gasteiger partial charge in [0, 0.05) is 37.7 Å². The average molecular weight is 313 g/mol. The highest BCUT2D eigenvalue weighted by atomic mass is 16.2. The molecule has 1 saturated heterocycles. The molecule has 0 spiro atoms. The quantitative estimate of drug-likeness (QED) is 0.885. The highest BCUT2D eigenvalue weighted by molar-refractivity contribution is 5.76. The molecule has 120 valence electrons. The van der Waals surface area contributed by atoms with Crippen LogP contribution in [0.3, 0.4) is 0 Å². The second kappa shape index (κ2) is 7.04. The van der Waals surface area contributed by atoms with Crippen molar-refractivity contribution >= 4 is 11.7 Å². The summed E-state index contributed by atoms with van der Waals surface area (Å²) in [6.07, 6.45) is 6.68. The first-order chi connectivity index (χ1) is 11.2. The van der Waals surface area contributed by atoms with Gasteiger partial charge in [-0.3, -0.25) is 9.36 Å². The number of rotatable bonds is 4. The monoisotopic (exact) mass is 313 g/mol. The van der Waals surface area contributed by atoms with Crippen LogP contribution in [0.2, 0.25) is 0 Å². The molecule has 3 rings (SSSR count). The molecule has 1 N–H and O–H groups in total. The maximum Gasteiger partial charge on any atom is 0.347 e. The van der Waals surface area contributed by atoms with E-state index in [1.165, 1.54) is 10.8 Å². The predicted octanol–water partition coefficient (Wildman–Crippen LogP) is 0.423. The Kier molecular flexibility index (Phi) is 4.65. The Bertz CT molecular complexity index is 716. The molecule has 0 unspecified atom stereocenters. The van der Waals surface area contributed by atoms with Crippen molar-refractivity contribution < 1.29 is 4.79 Å². The van der Waals surface area contributed by atoms with Crippen molar-refractivity contribution in [2.45, 2.75) is 25.4 Å². The summed E-state index contributed by atoms with van der Waals surface area (Å²) in [5.74, 6) is 0.753. The van der Waals surface area contributed by atoms with E-state index in [0.29, 0.717) is 0 Å². The molecule has 0 saturated carbocycles. The van der Waals surface area contributed by atoms with Crippen molar-refractivity contribution in [1.82, 2.24) is 19.9 Å². The van der Waals surface area contributed by atoms with Crippen molar-refractivity contribution in [3.8, 4) is 0 Å². The van der Waals surface area contributed by atoms with Gasteiger partial charge in [0.1, 0.15) is 12.4 Å². The predicted molar refractivity (Wildman–Crippen MR) is 86.1 cm³/mol. The van der Waals surface area contributed by atoms with Gasteiger partial charge in [0.2, 0.25) is 5.91 Å². The molecule has 1 atom stereocenters. The molecule has 23 heavy (non-hydrogen) atoms. The molecule has 0 aliphatic carbocycles. The molecule has 1 aliphatic rings. The summed E-state index contributed by atoms with van der Waals surface area (Å²) >= 11 is 0. The van der Waals surface area contributed by atoms with Crippen molar-refractivity contribution in [2.24, 2.45) is 0 Å². The van der Waals surface area contributed by atoms with Crippen LogP contribution in [0, 0.1) is 0 Å². The number of nitrogens with zero attached hydrogens (tertiary/aromatic N) is 4. The Hall–Kier alpha value is -2.70. The fourth-order valence-electron chi connectivity index (χ4n) is 2.78. The number of carbonyl (C=O) groups excluding carboxylic acids is 1. The number of piperidine rings is 1. The Morgan fingerprint density at radius 3 is 2.91 bits per heavy atom. The average Bonchev–Trinajstić information content (AvgIpc) is 2.58. The van der Waals surface area contributed by atoms with Crippen LogP contribution in [0.15, 0.2) is 47.7 Å². The number of nitrogens with one attached hydrogen (secondary N) is 1. The van der Waals surface area contributed by atoms with E-state index in [4.69, 9.17) is 0 Å². The van der Waals surface area contributed by atoms with E-state index in [0.717, 1.165) is 31.7 Å². The minimum atomic E-state index is -0.415. The lowest BCUT2D eigenvalue weighted by atomic mass is 10.1. The number of carbonyl (C=O) groups is 1. The van der Waals surface area contributed by atoms with Crippen LogP contribution < -0.4 is 15.9 Å². The number of hydrogen-bond donors (Lipinski definition) is 1. The smallest absolute Gasteiger partial charge is 0.347 e. The Balaban J connectivity index is 1.58. The summed E-state index contributed by atoms with van der Waals surface area (Å²) < 4.78 is 1.30. The molecule has 7 nitrogen and oxygen atoms in total. The Morgan fingerprint density at radius 2 is 2.13 bits per heavy atom. The summed E-state index contributed by atoms with van der Waals surface area (Å²) in [4.78, 5) is 33.9. The molecule has 1 aliphatic heterocycles. The van der Waals surface area contributed by atoms with Crippen LogP contribution in [-0.2, 0) is 11.3 Å². The fraction of sp³-hybridized carbons (Fsp3) is 0.375. The Labute approximate surface area is 134 Å². The molecule has 3 heterocycles. The minimum absolute atomic E-state index is 0.00718. The lowest BCUT2D eigenvalue weighted by Crippen LogP contribution is -2.49. The summed E-state index contributed by atoms with van der Waals surface area (Å²) in [6, 6.07) is 7.51. The largest absolute Gasteiger partial charge is 0.355 e. The molecule has 0 bridgehead atoms. The lowest BCUT2D eigenvalue weighted by Gasteiger charge is -2.34. The van der Waals surface area contributed by atoms with Gasteiger partial charge < -0.3 is 10.2 Å². The molecule has 0 radical (unpaired) electrons. The van der Waals surface area contributed by atoms with Crippen molar-refractivity contribution in [2.75, 3.05) is 18.0 Å². The van der Waals surface area contributed by atoms with E-state index in [1.807, 2.05) is 18.2 Å². The van der Waals surface area contributed by atoms with Crippen LogP contribution in [0.5, 0.6) is 0 Å². The van der Waals surface area contributed by atoms with Gasteiger partial charge in [0.15, 0.2) is 0 Å². The molecular weight excluding hydrogens is 294 g/mol. The maximum atomic E-state index is 12.1. The van der Waals surface area contributed by atoms with Crippen LogP contribution in [0.25, 0.3) is 0 Å². The standard InChI is InChI=1S/C16H19N5O2/c22-15(12-21-10-4-8-18-16(21)23)19-13-5-3-9-20(11-13)14-6-1-2-7-17-14/h1-2,4,6-8,10,13H,3,5,9,11-12H2,(H,19,22)/t13-/m1/s1. The van der Waals surface area contributed by atoms with Crippen molar-refractivity contribution in [3.63, 3.8) is 0 Å². The zero-order valence-corrected chi connectivity index (χ0v) is 12.8. The maximum absolute atomic E-state index is 12.1. The highest BCUT2D eigenvalue weighted by Gasteiger charge is 2.22. The third kappa shape index (κ3) is 3.94. The van der Waals surface area contributed by atoms with Crippen molar-refractivity contribution in [3.05, 3.63) is 53.3 Å². The van der Waals surface area contributed by atoms with E-state index in [9.17, 15) is 9.59 Å². The topological polar surface area (TPSA) is 80.1 Å². The van der Waals surface area contributed by atoms with Crippen LogP contribution >= 0.6 is 0 Å². The van der Waals surface area contributed by atoms with Gasteiger partial charge in [0.05, 0.1) is 0 Å². The van der Waals surface area contributed by atoms with E-state index < -0.39 is 5.69 Å². The third-order valence-electron chi connectivity index (χ3n) is 3.86. The normalized spacial score (nSPS) is 17.7. The first-order valence-electron chi connectivity index (χ1n) is 7.69. The number of amides is 1. The van der Waals surface area contributed by atoms with Gasteiger partial charge in [0.25, 0.3) is 0 Å². The van der Waals surface area contributed by atoms with Crippen LogP contribution in [-0.4, -0.2) is 39.6 Å². The number of aromatic nitrogens is 3. The molecule has 2 aromatic heterocycles. The first kappa shape index (κ1) is 15.2. The second-order valence-corrected chi connectivity index (χ2v) is 5.57. The van der Waals surface area contributed by atoms with Crippen LogP contribution in [0.4, 0.5) is 5.82 Å². The van der Waals surface area contributed by atoms with Gasteiger partial charge in [-0.2, -0.15) is 0 Å². The van der Waals surface area contributed by atoms with Gasteiger partial charge in [-0.25, -0.2) is 14.8 Å². The van der Waals surface area contributed by atoms with E-state index in [-0.39, 0.29) is 18.5 Å². The molecular formula is C16H19N5O2. The highest BCUT2D eigenvalue weighted by Crippen LogP contribution is 2.17. The molecule has 2 aromatic rings. The minimum Gasteiger partial charge on any atom is -0.355 e. The fourth-order valence-corrected chi connectivity index (χ4v) is 2.78.